The predicted molar refractivity (Wildman–Crippen MR) is 85.5 cm³/mol. The Morgan fingerprint density at radius 2 is 2.00 bits per heavy atom. The summed E-state index contributed by atoms with van der Waals surface area (Å²) in [4.78, 5) is 12.7. The molecule has 3 N–H and O–H groups in total. The number of hydrogen-bond acceptors (Lipinski definition) is 6. The quantitative estimate of drug-likeness (QED) is 0.665. The van der Waals surface area contributed by atoms with Crippen LogP contribution in [0.25, 0.3) is 0 Å². The van der Waals surface area contributed by atoms with Crippen LogP contribution in [0.5, 0.6) is 0 Å². The standard InChI is InChI=1S/C14H19N5O4S/c1-18(8-12-9-19(17-16-12)10-14(20)21)7-6-11-2-4-13(5-3-11)24(15,22)23/h2-5,9H,6-8,10H2,1H3,(H,20,21)(H2,15,22,23). The molecule has 0 aliphatic carbocycles. The second-order valence-corrected chi connectivity index (χ2v) is 7.04. The molecule has 10 heteroatoms. The summed E-state index contributed by atoms with van der Waals surface area (Å²) >= 11 is 0. The Kier molecular flexibility index (Phi) is 5.65. The Morgan fingerprint density at radius 1 is 1.33 bits per heavy atom. The fourth-order valence-corrected chi connectivity index (χ4v) is 2.66. The van der Waals surface area contributed by atoms with E-state index in [-0.39, 0.29) is 11.4 Å². The number of carbonyl (C=O) groups is 1. The highest BCUT2D eigenvalue weighted by Gasteiger charge is 2.09. The second kappa shape index (κ2) is 7.51. The Balaban J connectivity index is 1.85. The van der Waals surface area contributed by atoms with Crippen LogP contribution >= 0.6 is 0 Å². The van der Waals surface area contributed by atoms with Crippen molar-refractivity contribution in [2.75, 3.05) is 13.6 Å². The number of aromatic nitrogens is 3. The van der Waals surface area contributed by atoms with Crippen LogP contribution in [0.3, 0.4) is 0 Å². The minimum absolute atomic E-state index is 0.0923. The van der Waals surface area contributed by atoms with Crippen molar-refractivity contribution >= 4 is 16.0 Å². The molecule has 24 heavy (non-hydrogen) atoms. The lowest BCUT2D eigenvalue weighted by molar-refractivity contribution is -0.137. The highest BCUT2D eigenvalue weighted by atomic mass is 32.2. The van der Waals surface area contributed by atoms with Crippen molar-refractivity contribution < 1.29 is 18.3 Å². The van der Waals surface area contributed by atoms with E-state index in [1.165, 1.54) is 16.8 Å². The van der Waals surface area contributed by atoms with Gasteiger partial charge < -0.3 is 10.0 Å². The van der Waals surface area contributed by atoms with Gasteiger partial charge in [0.1, 0.15) is 6.54 Å². The van der Waals surface area contributed by atoms with Crippen LogP contribution in [0.4, 0.5) is 0 Å². The summed E-state index contributed by atoms with van der Waals surface area (Å²) in [5.74, 6) is -0.970. The number of nitrogens with two attached hydrogens (primary N) is 1. The lowest BCUT2D eigenvalue weighted by Crippen LogP contribution is -2.21. The van der Waals surface area contributed by atoms with Crippen molar-refractivity contribution in [3.8, 4) is 0 Å². The third kappa shape index (κ3) is 5.41. The molecule has 2 aromatic rings. The van der Waals surface area contributed by atoms with Crippen molar-refractivity contribution in [2.24, 2.45) is 5.14 Å². The van der Waals surface area contributed by atoms with Crippen LogP contribution in [0.15, 0.2) is 35.4 Å². The van der Waals surface area contributed by atoms with E-state index in [1.807, 2.05) is 11.9 Å². The van der Waals surface area contributed by atoms with Crippen molar-refractivity contribution in [1.29, 1.82) is 0 Å². The average molecular weight is 353 g/mol. The molecular weight excluding hydrogens is 334 g/mol. The molecule has 0 atom stereocenters. The van der Waals surface area contributed by atoms with Gasteiger partial charge in [0, 0.05) is 13.1 Å². The van der Waals surface area contributed by atoms with E-state index >= 15 is 0 Å². The van der Waals surface area contributed by atoms with Gasteiger partial charge in [0.25, 0.3) is 0 Å². The number of nitrogens with zero attached hydrogens (tertiary/aromatic N) is 4. The van der Waals surface area contributed by atoms with Gasteiger partial charge in [-0.1, -0.05) is 17.3 Å². The molecule has 2 rings (SSSR count). The molecule has 0 bridgehead atoms. The van der Waals surface area contributed by atoms with Crippen LogP contribution < -0.4 is 5.14 Å². The zero-order chi connectivity index (χ0) is 17.7. The first-order valence-electron chi connectivity index (χ1n) is 7.15. The van der Waals surface area contributed by atoms with Gasteiger partial charge in [0.2, 0.25) is 10.0 Å². The number of primary sulfonamides is 1. The summed E-state index contributed by atoms with van der Waals surface area (Å²) < 4.78 is 23.7. The summed E-state index contributed by atoms with van der Waals surface area (Å²) in [6.07, 6.45) is 2.33. The lowest BCUT2D eigenvalue weighted by atomic mass is 10.1. The smallest absolute Gasteiger partial charge is 0.325 e. The first-order valence-corrected chi connectivity index (χ1v) is 8.70. The van der Waals surface area contributed by atoms with Crippen molar-refractivity contribution in [3.05, 3.63) is 41.7 Å². The number of sulfonamides is 1. The molecule has 130 valence electrons. The van der Waals surface area contributed by atoms with Crippen LogP contribution in [0.2, 0.25) is 0 Å². The van der Waals surface area contributed by atoms with E-state index < -0.39 is 16.0 Å². The van der Waals surface area contributed by atoms with Crippen molar-refractivity contribution in [1.82, 2.24) is 19.9 Å². The van der Waals surface area contributed by atoms with E-state index in [2.05, 4.69) is 10.3 Å². The molecule has 0 unspecified atom stereocenters. The number of likely N-dealkylation sites (N-methyl/N-ethyl adjacent to an activating group) is 1. The summed E-state index contributed by atoms with van der Waals surface area (Å²) in [6.45, 7) is 1.04. The minimum Gasteiger partial charge on any atom is -0.480 e. The summed E-state index contributed by atoms with van der Waals surface area (Å²) in [7, 11) is -1.76. The van der Waals surface area contributed by atoms with E-state index in [9.17, 15) is 13.2 Å². The van der Waals surface area contributed by atoms with E-state index in [1.54, 1.807) is 18.3 Å². The van der Waals surface area contributed by atoms with Crippen LogP contribution in [-0.2, 0) is 34.3 Å². The molecule has 1 heterocycles. The van der Waals surface area contributed by atoms with Gasteiger partial charge in [-0.15, -0.1) is 5.10 Å². The Bertz CT molecular complexity index is 801. The predicted octanol–water partition coefficient (Wildman–Crippen LogP) is -0.315. The summed E-state index contributed by atoms with van der Waals surface area (Å²) in [6, 6.07) is 6.44. The molecule has 0 saturated heterocycles. The molecule has 0 aliphatic rings. The monoisotopic (exact) mass is 353 g/mol. The molecule has 0 fully saturated rings. The number of hydrogen-bond donors (Lipinski definition) is 2. The number of aliphatic carboxylic acids is 1. The van der Waals surface area contributed by atoms with E-state index in [0.717, 1.165) is 18.5 Å². The molecule has 9 nitrogen and oxygen atoms in total. The van der Waals surface area contributed by atoms with Crippen molar-refractivity contribution in [3.63, 3.8) is 0 Å². The highest BCUT2D eigenvalue weighted by molar-refractivity contribution is 7.89. The van der Waals surface area contributed by atoms with Gasteiger partial charge in [0.15, 0.2) is 0 Å². The van der Waals surface area contributed by atoms with Gasteiger partial charge in [-0.3, -0.25) is 4.79 Å². The molecule has 1 aromatic heterocycles. The van der Waals surface area contributed by atoms with Gasteiger partial charge in [0.05, 0.1) is 16.8 Å². The lowest BCUT2D eigenvalue weighted by Gasteiger charge is -2.14. The number of carboxylic acid groups (broad SMARTS) is 1. The molecular formula is C14H19N5O4S. The first kappa shape index (κ1) is 18.0. The average Bonchev–Trinajstić information content (AvgIpc) is 2.91. The Morgan fingerprint density at radius 3 is 2.58 bits per heavy atom. The maximum atomic E-state index is 11.2. The normalized spacial score (nSPS) is 11.8. The maximum absolute atomic E-state index is 11.2. The van der Waals surface area contributed by atoms with Gasteiger partial charge >= 0.3 is 5.97 Å². The molecule has 0 amide bonds. The number of rotatable bonds is 8. The second-order valence-electron chi connectivity index (χ2n) is 5.48. The number of carboxylic acids is 1. The summed E-state index contributed by atoms with van der Waals surface area (Å²) in [5, 5.41) is 21.4. The fourth-order valence-electron chi connectivity index (χ4n) is 2.15. The molecule has 0 aliphatic heterocycles. The zero-order valence-electron chi connectivity index (χ0n) is 13.2. The molecule has 1 aromatic carbocycles. The fraction of sp³-hybridized carbons (Fsp3) is 0.357. The highest BCUT2D eigenvalue weighted by Crippen LogP contribution is 2.10. The topological polar surface area (TPSA) is 131 Å². The van der Waals surface area contributed by atoms with Gasteiger partial charge in [-0.2, -0.15) is 0 Å². The minimum atomic E-state index is -3.67. The Labute approximate surface area is 139 Å². The number of benzene rings is 1. The SMILES string of the molecule is CN(CCc1ccc(S(N)(=O)=O)cc1)Cc1cn(CC(=O)O)nn1. The van der Waals surface area contributed by atoms with Gasteiger partial charge in [-0.05, 0) is 31.2 Å². The third-order valence-corrected chi connectivity index (χ3v) is 4.28. The van der Waals surface area contributed by atoms with Crippen LogP contribution in [0.1, 0.15) is 11.3 Å². The molecule has 0 spiro atoms. The van der Waals surface area contributed by atoms with E-state index in [4.69, 9.17) is 10.2 Å². The molecule has 0 radical (unpaired) electrons. The van der Waals surface area contributed by atoms with Crippen LogP contribution in [-0.4, -0.2) is 53.0 Å². The Hall–Kier alpha value is -2.30. The summed E-state index contributed by atoms with van der Waals surface area (Å²) in [5.41, 5.74) is 1.67. The third-order valence-electron chi connectivity index (χ3n) is 3.35. The zero-order valence-corrected chi connectivity index (χ0v) is 14.0. The van der Waals surface area contributed by atoms with Crippen molar-refractivity contribution in [2.45, 2.75) is 24.4 Å². The largest absolute Gasteiger partial charge is 0.480 e. The maximum Gasteiger partial charge on any atom is 0.325 e. The van der Waals surface area contributed by atoms with Gasteiger partial charge in [-0.25, -0.2) is 18.2 Å². The molecule has 0 saturated carbocycles. The first-order chi connectivity index (χ1) is 11.2. The van der Waals surface area contributed by atoms with Crippen LogP contribution in [0, 0.1) is 0 Å². The van der Waals surface area contributed by atoms with E-state index in [0.29, 0.717) is 12.2 Å².